The van der Waals surface area contributed by atoms with Crippen molar-refractivity contribution < 1.29 is 9.72 Å². The molecule has 30 heavy (non-hydrogen) atoms. The molecule has 2 aromatic carbocycles. The zero-order chi connectivity index (χ0) is 21.3. The molecule has 0 atom stereocenters. The van der Waals surface area contributed by atoms with E-state index >= 15 is 0 Å². The van der Waals surface area contributed by atoms with Crippen molar-refractivity contribution in [3.63, 3.8) is 0 Å². The number of likely N-dealkylation sites (tertiary alicyclic amines) is 1. The maximum atomic E-state index is 12.5. The third kappa shape index (κ3) is 3.99. The van der Waals surface area contributed by atoms with Crippen LogP contribution in [-0.4, -0.2) is 28.8 Å². The topological polar surface area (TPSA) is 114 Å². The summed E-state index contributed by atoms with van der Waals surface area (Å²) in [5.41, 5.74) is 10.3. The summed E-state index contributed by atoms with van der Waals surface area (Å²) in [6, 6.07) is 10.4. The van der Waals surface area contributed by atoms with Crippen molar-refractivity contribution in [3.05, 3.63) is 63.3 Å². The molecule has 8 heteroatoms. The Kier molecular flexibility index (Phi) is 5.41. The van der Waals surface area contributed by atoms with Crippen molar-refractivity contribution in [2.75, 3.05) is 29.5 Å². The number of carbonyl (C=O) groups is 1. The predicted molar refractivity (Wildman–Crippen MR) is 118 cm³/mol. The first kappa shape index (κ1) is 19.9. The summed E-state index contributed by atoms with van der Waals surface area (Å²) < 4.78 is 0. The number of benzene rings is 2. The molecule has 0 unspecified atom stereocenters. The Morgan fingerprint density at radius 2 is 1.97 bits per heavy atom. The number of hydrogen-bond donors (Lipinski definition) is 3. The zero-order valence-corrected chi connectivity index (χ0v) is 16.9. The molecule has 0 spiro atoms. The van der Waals surface area contributed by atoms with Gasteiger partial charge in [-0.15, -0.1) is 0 Å². The third-order valence-corrected chi connectivity index (χ3v) is 5.62. The van der Waals surface area contributed by atoms with Crippen LogP contribution in [0.1, 0.15) is 37.3 Å². The number of nitrogens with one attached hydrogen (secondary N) is 2. The van der Waals surface area contributed by atoms with Gasteiger partial charge in [-0.05, 0) is 63.2 Å². The van der Waals surface area contributed by atoms with E-state index in [-0.39, 0.29) is 16.5 Å². The van der Waals surface area contributed by atoms with Crippen LogP contribution in [0.4, 0.5) is 22.7 Å². The summed E-state index contributed by atoms with van der Waals surface area (Å²) in [5, 5.41) is 17.7. The maximum absolute atomic E-state index is 12.5. The maximum Gasteiger partial charge on any atom is 0.275 e. The minimum absolute atomic E-state index is 0.0869. The van der Waals surface area contributed by atoms with Gasteiger partial charge >= 0.3 is 0 Å². The Balaban J connectivity index is 1.61. The normalized spacial score (nSPS) is 18.0. The molecule has 0 aliphatic carbocycles. The van der Waals surface area contributed by atoms with E-state index in [1.165, 1.54) is 12.5 Å². The lowest BCUT2D eigenvalue weighted by molar-refractivity contribution is -0.385. The summed E-state index contributed by atoms with van der Waals surface area (Å²) in [7, 11) is 0. The number of nitrogen functional groups attached to an aromatic ring is 1. The first-order chi connectivity index (χ1) is 14.4. The van der Waals surface area contributed by atoms with Gasteiger partial charge in [0.2, 0.25) is 0 Å². The highest BCUT2D eigenvalue weighted by atomic mass is 16.6. The van der Waals surface area contributed by atoms with Crippen LogP contribution >= 0.6 is 0 Å². The zero-order valence-electron chi connectivity index (χ0n) is 16.9. The van der Waals surface area contributed by atoms with Gasteiger partial charge in [0.25, 0.3) is 11.6 Å². The number of fused-ring (bicyclic) bond motifs is 1. The fourth-order valence-electron chi connectivity index (χ4n) is 4.14. The van der Waals surface area contributed by atoms with Gasteiger partial charge in [-0.2, -0.15) is 0 Å². The van der Waals surface area contributed by atoms with Gasteiger partial charge in [-0.1, -0.05) is 6.42 Å². The summed E-state index contributed by atoms with van der Waals surface area (Å²) in [6.45, 7) is 4.30. The van der Waals surface area contributed by atoms with Crippen molar-refractivity contribution in [1.29, 1.82) is 0 Å². The van der Waals surface area contributed by atoms with Gasteiger partial charge in [0.1, 0.15) is 0 Å². The number of hydrogen-bond acceptors (Lipinski definition) is 6. The predicted octanol–water partition coefficient (Wildman–Crippen LogP) is 3.96. The molecule has 2 heterocycles. The molecule has 156 valence electrons. The highest BCUT2D eigenvalue weighted by Gasteiger charge is 2.27. The van der Waals surface area contributed by atoms with E-state index in [2.05, 4.69) is 15.5 Å². The van der Waals surface area contributed by atoms with Gasteiger partial charge in [-0.25, -0.2) is 0 Å². The van der Waals surface area contributed by atoms with Crippen molar-refractivity contribution >= 4 is 34.2 Å². The van der Waals surface area contributed by atoms with Crippen LogP contribution in [0.15, 0.2) is 42.1 Å². The molecule has 1 saturated heterocycles. The monoisotopic (exact) mass is 407 g/mol. The van der Waals surface area contributed by atoms with Crippen LogP contribution in [-0.2, 0) is 11.3 Å². The van der Waals surface area contributed by atoms with Crippen molar-refractivity contribution in [2.24, 2.45) is 0 Å². The number of allylic oxidation sites excluding steroid dienone is 1. The van der Waals surface area contributed by atoms with E-state index in [1.54, 1.807) is 31.2 Å². The van der Waals surface area contributed by atoms with Crippen molar-refractivity contribution in [3.8, 4) is 0 Å². The Bertz CT molecular complexity index is 1040. The lowest BCUT2D eigenvalue weighted by atomic mass is 10.0. The molecule has 0 radical (unpaired) electrons. The molecule has 4 N–H and O–H groups in total. The first-order valence-electron chi connectivity index (χ1n) is 10.1. The molecule has 4 rings (SSSR count). The minimum Gasteiger partial charge on any atom is -0.399 e. The van der Waals surface area contributed by atoms with Gasteiger partial charge in [-0.3, -0.25) is 19.8 Å². The standard InChI is InChI=1S/C22H25N5O3/c1-14(21-18-11-16(23)6-8-19(18)25-22(21)28)24-17-7-5-15(20(12-17)27(29)30)13-26-9-3-2-4-10-26/h5-8,11-12,24H,2-4,9-10,13,23H2,1H3,(H,25,28). The average molecular weight is 407 g/mol. The average Bonchev–Trinajstić information content (AvgIpc) is 3.04. The molecular weight excluding hydrogens is 382 g/mol. The first-order valence-corrected chi connectivity index (χ1v) is 10.1. The van der Waals surface area contributed by atoms with Crippen LogP contribution in [0.25, 0.3) is 5.57 Å². The van der Waals surface area contributed by atoms with Crippen LogP contribution in [0.2, 0.25) is 0 Å². The molecule has 1 amide bonds. The smallest absolute Gasteiger partial charge is 0.275 e. The number of anilines is 3. The third-order valence-electron chi connectivity index (χ3n) is 5.62. The fourth-order valence-corrected chi connectivity index (χ4v) is 4.14. The van der Waals surface area contributed by atoms with E-state index in [4.69, 9.17) is 5.73 Å². The molecule has 0 aromatic heterocycles. The highest BCUT2D eigenvalue weighted by molar-refractivity contribution is 6.32. The second-order valence-corrected chi connectivity index (χ2v) is 7.82. The number of nitrogens with zero attached hydrogens (tertiary/aromatic N) is 2. The van der Waals surface area contributed by atoms with Crippen LogP contribution in [0.3, 0.4) is 0 Å². The summed E-state index contributed by atoms with van der Waals surface area (Å²) in [5.74, 6) is -0.225. The highest BCUT2D eigenvalue weighted by Crippen LogP contribution is 2.36. The second kappa shape index (κ2) is 8.16. The Morgan fingerprint density at radius 1 is 1.20 bits per heavy atom. The second-order valence-electron chi connectivity index (χ2n) is 7.82. The molecule has 2 aliphatic rings. The van der Waals surface area contributed by atoms with E-state index in [0.717, 1.165) is 31.5 Å². The molecule has 2 aliphatic heterocycles. The van der Waals surface area contributed by atoms with Crippen LogP contribution < -0.4 is 16.4 Å². The van der Waals surface area contributed by atoms with E-state index in [9.17, 15) is 14.9 Å². The van der Waals surface area contributed by atoms with Crippen molar-refractivity contribution in [2.45, 2.75) is 32.7 Å². The van der Waals surface area contributed by atoms with Gasteiger partial charge in [0.15, 0.2) is 0 Å². The summed E-state index contributed by atoms with van der Waals surface area (Å²) in [6.07, 6.45) is 3.49. The molecule has 8 nitrogen and oxygen atoms in total. The molecule has 0 saturated carbocycles. The SMILES string of the molecule is CC(Nc1ccc(CN2CCCCC2)c([N+](=O)[O-])c1)=C1C(=O)Nc2ccc(N)cc21. The number of nitro benzene ring substituents is 1. The number of carbonyl (C=O) groups excluding carboxylic acids is 1. The van der Waals surface area contributed by atoms with Gasteiger partial charge in [0, 0.05) is 46.5 Å². The lowest BCUT2D eigenvalue weighted by Crippen LogP contribution is -2.29. The number of nitro groups is 1. The van der Waals surface area contributed by atoms with E-state index < -0.39 is 0 Å². The molecule has 2 aromatic rings. The van der Waals surface area contributed by atoms with Gasteiger partial charge < -0.3 is 16.4 Å². The van der Waals surface area contributed by atoms with Crippen LogP contribution in [0, 0.1) is 10.1 Å². The lowest BCUT2D eigenvalue weighted by Gasteiger charge is -2.26. The van der Waals surface area contributed by atoms with E-state index in [0.29, 0.717) is 40.4 Å². The van der Waals surface area contributed by atoms with E-state index in [1.807, 2.05) is 6.07 Å². The molecule has 1 fully saturated rings. The van der Waals surface area contributed by atoms with Crippen molar-refractivity contribution in [1.82, 2.24) is 4.90 Å². The number of nitrogens with two attached hydrogens (primary N) is 1. The molecular formula is C22H25N5O3. The number of amides is 1. The molecule has 0 bridgehead atoms. The largest absolute Gasteiger partial charge is 0.399 e. The Morgan fingerprint density at radius 3 is 2.70 bits per heavy atom. The fraction of sp³-hybridized carbons (Fsp3) is 0.318. The Labute approximate surface area is 174 Å². The summed E-state index contributed by atoms with van der Waals surface area (Å²) >= 11 is 0. The van der Waals surface area contributed by atoms with Crippen LogP contribution in [0.5, 0.6) is 0 Å². The minimum atomic E-state index is -0.342. The number of piperidine rings is 1. The number of rotatable bonds is 5. The Hall–Kier alpha value is -3.39. The summed E-state index contributed by atoms with van der Waals surface area (Å²) in [4.78, 5) is 26.1. The quantitative estimate of drug-likeness (QED) is 0.299. The van der Waals surface area contributed by atoms with Gasteiger partial charge in [0.05, 0.1) is 10.5 Å².